The summed E-state index contributed by atoms with van der Waals surface area (Å²) in [6, 6.07) is 0. The molecular weight excluding hydrogens is 152 g/mol. The predicted octanol–water partition coefficient (Wildman–Crippen LogP) is 2.77. The Kier molecular flexibility index (Phi) is 6.82. The van der Waals surface area contributed by atoms with Crippen LogP contribution in [0.5, 0.6) is 0 Å². The lowest BCUT2D eigenvalue weighted by Crippen LogP contribution is -2.10. The monoisotopic (exact) mass is 172 g/mol. The number of esters is 1. The zero-order chi connectivity index (χ0) is 9.40. The fraction of sp³-hybridized carbons (Fsp3) is 0.900. The molecule has 0 aromatic rings. The van der Waals surface area contributed by atoms with Gasteiger partial charge in [-0.05, 0) is 12.3 Å². The smallest absolute Gasteiger partial charge is 0.305 e. The zero-order valence-electron chi connectivity index (χ0n) is 8.43. The Hall–Kier alpha value is -0.530. The molecule has 1 atom stereocenters. The van der Waals surface area contributed by atoms with E-state index in [1.54, 1.807) is 0 Å². The molecular formula is C10H20O2. The zero-order valence-corrected chi connectivity index (χ0v) is 8.43. The van der Waals surface area contributed by atoms with Gasteiger partial charge in [0.05, 0.1) is 6.61 Å². The van der Waals surface area contributed by atoms with Crippen LogP contribution in [0.1, 0.15) is 46.5 Å². The van der Waals surface area contributed by atoms with Crippen LogP contribution in [0.25, 0.3) is 0 Å². The maximum atomic E-state index is 11.0. The number of carbonyl (C=O) groups is 1. The van der Waals surface area contributed by atoms with Crippen LogP contribution in [0.4, 0.5) is 0 Å². The second kappa shape index (κ2) is 7.14. The summed E-state index contributed by atoms with van der Waals surface area (Å²) < 4.78 is 5.06. The first-order valence-electron chi connectivity index (χ1n) is 4.86. The molecule has 0 aromatic carbocycles. The lowest BCUT2D eigenvalue weighted by Gasteiger charge is -2.08. The molecule has 0 amide bonds. The molecule has 0 rings (SSSR count). The van der Waals surface area contributed by atoms with Gasteiger partial charge in [0.2, 0.25) is 0 Å². The molecule has 2 heteroatoms. The molecule has 0 saturated heterocycles. The van der Waals surface area contributed by atoms with E-state index in [9.17, 15) is 4.79 Å². The Morgan fingerprint density at radius 1 is 1.42 bits per heavy atom. The molecule has 72 valence electrons. The van der Waals surface area contributed by atoms with E-state index in [1.807, 2.05) is 0 Å². The average molecular weight is 172 g/mol. The van der Waals surface area contributed by atoms with Crippen molar-refractivity contribution in [3.05, 3.63) is 0 Å². The van der Waals surface area contributed by atoms with Crippen molar-refractivity contribution in [1.82, 2.24) is 0 Å². The fourth-order valence-electron chi connectivity index (χ4n) is 0.746. The van der Waals surface area contributed by atoms with Crippen LogP contribution < -0.4 is 0 Å². The van der Waals surface area contributed by atoms with Crippen LogP contribution in [0.2, 0.25) is 0 Å². The predicted molar refractivity (Wildman–Crippen MR) is 49.9 cm³/mol. The van der Waals surface area contributed by atoms with Gasteiger partial charge < -0.3 is 4.74 Å². The molecule has 12 heavy (non-hydrogen) atoms. The summed E-state index contributed by atoms with van der Waals surface area (Å²) in [6.07, 6.45) is 3.64. The SMILES string of the molecule is CCCCC(=O)OCC(C)CC. The molecule has 0 bridgehead atoms. The lowest BCUT2D eigenvalue weighted by atomic mass is 10.1. The number of hydrogen-bond donors (Lipinski definition) is 0. The second-order valence-corrected chi connectivity index (χ2v) is 3.30. The van der Waals surface area contributed by atoms with E-state index in [-0.39, 0.29) is 5.97 Å². The Bertz CT molecular complexity index is 121. The van der Waals surface area contributed by atoms with Gasteiger partial charge in [-0.25, -0.2) is 0 Å². The first-order chi connectivity index (χ1) is 5.70. The molecule has 0 fully saturated rings. The number of rotatable bonds is 6. The summed E-state index contributed by atoms with van der Waals surface area (Å²) in [4.78, 5) is 11.0. The van der Waals surface area contributed by atoms with Crippen molar-refractivity contribution in [2.45, 2.75) is 46.5 Å². The lowest BCUT2D eigenvalue weighted by molar-refractivity contribution is -0.145. The highest BCUT2D eigenvalue weighted by molar-refractivity contribution is 5.69. The van der Waals surface area contributed by atoms with Crippen molar-refractivity contribution in [2.24, 2.45) is 5.92 Å². The summed E-state index contributed by atoms with van der Waals surface area (Å²) in [5, 5.41) is 0. The number of hydrogen-bond acceptors (Lipinski definition) is 2. The van der Waals surface area contributed by atoms with Crippen molar-refractivity contribution < 1.29 is 9.53 Å². The molecule has 0 aliphatic rings. The highest BCUT2D eigenvalue weighted by Gasteiger charge is 2.04. The van der Waals surface area contributed by atoms with Crippen LogP contribution in [0, 0.1) is 5.92 Å². The molecule has 0 aliphatic carbocycles. The largest absolute Gasteiger partial charge is 0.465 e. The van der Waals surface area contributed by atoms with Gasteiger partial charge in [0.1, 0.15) is 0 Å². The van der Waals surface area contributed by atoms with Gasteiger partial charge in [-0.2, -0.15) is 0 Å². The van der Waals surface area contributed by atoms with E-state index >= 15 is 0 Å². The summed E-state index contributed by atoms with van der Waals surface area (Å²) >= 11 is 0. The topological polar surface area (TPSA) is 26.3 Å². The van der Waals surface area contributed by atoms with Crippen molar-refractivity contribution in [2.75, 3.05) is 6.61 Å². The Labute approximate surface area is 75.3 Å². The van der Waals surface area contributed by atoms with Gasteiger partial charge in [0.25, 0.3) is 0 Å². The van der Waals surface area contributed by atoms with Crippen molar-refractivity contribution in [1.29, 1.82) is 0 Å². The highest BCUT2D eigenvalue weighted by atomic mass is 16.5. The van der Waals surface area contributed by atoms with E-state index in [4.69, 9.17) is 4.74 Å². The van der Waals surface area contributed by atoms with Gasteiger partial charge in [0, 0.05) is 6.42 Å². The molecule has 1 unspecified atom stereocenters. The third-order valence-corrected chi connectivity index (χ3v) is 1.96. The Morgan fingerprint density at radius 3 is 2.58 bits per heavy atom. The third kappa shape index (κ3) is 6.20. The van der Waals surface area contributed by atoms with Crippen LogP contribution >= 0.6 is 0 Å². The fourth-order valence-corrected chi connectivity index (χ4v) is 0.746. The maximum Gasteiger partial charge on any atom is 0.305 e. The Morgan fingerprint density at radius 2 is 2.08 bits per heavy atom. The highest BCUT2D eigenvalue weighted by Crippen LogP contribution is 2.03. The quantitative estimate of drug-likeness (QED) is 0.576. The summed E-state index contributed by atoms with van der Waals surface area (Å²) in [6.45, 7) is 6.85. The van der Waals surface area contributed by atoms with Gasteiger partial charge in [-0.1, -0.05) is 33.6 Å². The van der Waals surface area contributed by atoms with Gasteiger partial charge >= 0.3 is 5.97 Å². The first-order valence-corrected chi connectivity index (χ1v) is 4.86. The maximum absolute atomic E-state index is 11.0. The minimum atomic E-state index is -0.0443. The molecule has 0 N–H and O–H groups in total. The average Bonchev–Trinajstić information content (AvgIpc) is 2.10. The van der Waals surface area contributed by atoms with Crippen molar-refractivity contribution in [3.8, 4) is 0 Å². The summed E-state index contributed by atoms with van der Waals surface area (Å²) in [7, 11) is 0. The third-order valence-electron chi connectivity index (χ3n) is 1.96. The van der Waals surface area contributed by atoms with Gasteiger partial charge in [0.15, 0.2) is 0 Å². The summed E-state index contributed by atoms with van der Waals surface area (Å²) in [5.41, 5.74) is 0. The molecule has 0 spiro atoms. The second-order valence-electron chi connectivity index (χ2n) is 3.30. The van der Waals surface area contributed by atoms with E-state index in [1.165, 1.54) is 0 Å². The molecule has 0 heterocycles. The van der Waals surface area contributed by atoms with Crippen LogP contribution in [-0.2, 0) is 9.53 Å². The van der Waals surface area contributed by atoms with Crippen molar-refractivity contribution in [3.63, 3.8) is 0 Å². The molecule has 0 aromatic heterocycles. The van der Waals surface area contributed by atoms with Crippen LogP contribution in [0.3, 0.4) is 0 Å². The molecule has 0 saturated carbocycles. The normalized spacial score (nSPS) is 12.6. The first kappa shape index (κ1) is 11.5. The minimum absolute atomic E-state index is 0.0443. The van der Waals surface area contributed by atoms with Gasteiger partial charge in [-0.15, -0.1) is 0 Å². The number of carbonyl (C=O) groups excluding carboxylic acids is 1. The number of unbranched alkanes of at least 4 members (excludes halogenated alkanes) is 1. The summed E-state index contributed by atoms with van der Waals surface area (Å²) in [5.74, 6) is 0.452. The molecule has 0 radical (unpaired) electrons. The van der Waals surface area contributed by atoms with Crippen LogP contribution in [-0.4, -0.2) is 12.6 Å². The van der Waals surface area contributed by atoms with E-state index in [2.05, 4.69) is 20.8 Å². The molecule has 2 nitrogen and oxygen atoms in total. The Balaban J connectivity index is 3.31. The van der Waals surface area contributed by atoms with E-state index in [0.29, 0.717) is 18.9 Å². The van der Waals surface area contributed by atoms with E-state index in [0.717, 1.165) is 19.3 Å². The minimum Gasteiger partial charge on any atom is -0.465 e. The standard InChI is InChI=1S/C10H20O2/c1-4-6-7-10(11)12-8-9(3)5-2/h9H,4-8H2,1-3H3. The van der Waals surface area contributed by atoms with Crippen LogP contribution in [0.15, 0.2) is 0 Å². The number of ether oxygens (including phenoxy) is 1. The van der Waals surface area contributed by atoms with E-state index < -0.39 is 0 Å². The van der Waals surface area contributed by atoms with Crippen molar-refractivity contribution >= 4 is 5.97 Å². The molecule has 0 aliphatic heterocycles. The van der Waals surface area contributed by atoms with Gasteiger partial charge in [-0.3, -0.25) is 4.79 Å².